The summed E-state index contributed by atoms with van der Waals surface area (Å²) in [5, 5.41) is 8.96. The first-order chi connectivity index (χ1) is 4.58. The lowest BCUT2D eigenvalue weighted by Crippen LogP contribution is -2.23. The van der Waals surface area contributed by atoms with Crippen molar-refractivity contribution in [2.24, 2.45) is 5.41 Å². The Morgan fingerprint density at radius 2 is 2.10 bits per heavy atom. The molecule has 0 aromatic heterocycles. The molecule has 60 valence electrons. The summed E-state index contributed by atoms with van der Waals surface area (Å²) in [6.07, 6.45) is 1.64. The first kappa shape index (κ1) is 8.37. The molecular formula is C7H14O2S. The van der Waals surface area contributed by atoms with E-state index in [1.54, 1.807) is 11.8 Å². The molecule has 1 saturated heterocycles. The van der Waals surface area contributed by atoms with Gasteiger partial charge in [-0.3, -0.25) is 0 Å². The summed E-state index contributed by atoms with van der Waals surface area (Å²) in [4.78, 5) is 0. The lowest BCUT2D eigenvalue weighted by atomic mass is 9.92. The molecular weight excluding hydrogens is 148 g/mol. The van der Waals surface area contributed by atoms with Crippen LogP contribution in [-0.4, -0.2) is 29.5 Å². The second kappa shape index (κ2) is 2.72. The highest BCUT2D eigenvalue weighted by atomic mass is 32.2. The standard InChI is InChI=1S/C7H14O2S/c1-7(2,4-10-3)5-6(8)9-5/h5-6,8H,4H2,1-3H3. The van der Waals surface area contributed by atoms with Crippen molar-refractivity contribution in [1.29, 1.82) is 0 Å². The fourth-order valence-electron chi connectivity index (χ4n) is 1.13. The lowest BCUT2D eigenvalue weighted by molar-refractivity contribution is 0.155. The molecule has 1 fully saturated rings. The van der Waals surface area contributed by atoms with Crippen LogP contribution >= 0.6 is 11.8 Å². The van der Waals surface area contributed by atoms with Gasteiger partial charge in [-0.1, -0.05) is 13.8 Å². The van der Waals surface area contributed by atoms with Gasteiger partial charge in [0.2, 0.25) is 0 Å². The van der Waals surface area contributed by atoms with Gasteiger partial charge in [-0.25, -0.2) is 0 Å². The smallest absolute Gasteiger partial charge is 0.182 e. The van der Waals surface area contributed by atoms with Gasteiger partial charge in [-0.05, 0) is 6.26 Å². The van der Waals surface area contributed by atoms with Crippen LogP contribution in [0.1, 0.15) is 13.8 Å². The minimum absolute atomic E-state index is 0.0694. The summed E-state index contributed by atoms with van der Waals surface area (Å²) in [6.45, 7) is 4.23. The SMILES string of the molecule is CSCC(C)(C)C1OC1O. The first-order valence-electron chi connectivity index (χ1n) is 3.40. The summed E-state index contributed by atoms with van der Waals surface area (Å²) in [5.74, 6) is 1.04. The molecule has 1 rings (SSSR count). The molecule has 0 bridgehead atoms. The Hall–Kier alpha value is 0.270. The van der Waals surface area contributed by atoms with Crippen molar-refractivity contribution in [3.63, 3.8) is 0 Å². The zero-order valence-electron chi connectivity index (χ0n) is 6.63. The maximum Gasteiger partial charge on any atom is 0.182 e. The number of hydrogen-bond acceptors (Lipinski definition) is 3. The molecule has 0 aromatic carbocycles. The average molecular weight is 162 g/mol. The van der Waals surface area contributed by atoms with Gasteiger partial charge in [0.05, 0.1) is 0 Å². The van der Waals surface area contributed by atoms with Crippen LogP contribution in [0.5, 0.6) is 0 Å². The van der Waals surface area contributed by atoms with E-state index in [0.717, 1.165) is 5.75 Å². The Kier molecular flexibility index (Phi) is 2.28. The predicted octanol–water partition coefficient (Wildman–Crippen LogP) is 1.09. The summed E-state index contributed by atoms with van der Waals surface area (Å²) in [5.41, 5.74) is 0.124. The van der Waals surface area contributed by atoms with Gasteiger partial charge in [0, 0.05) is 11.2 Å². The minimum atomic E-state index is -0.498. The molecule has 3 heteroatoms. The molecule has 0 spiro atoms. The van der Waals surface area contributed by atoms with Crippen molar-refractivity contribution in [1.82, 2.24) is 0 Å². The van der Waals surface area contributed by atoms with Gasteiger partial charge in [-0.15, -0.1) is 0 Å². The molecule has 0 radical (unpaired) electrons. The molecule has 0 amide bonds. The highest BCUT2D eigenvalue weighted by molar-refractivity contribution is 7.98. The highest BCUT2D eigenvalue weighted by Gasteiger charge is 2.48. The van der Waals surface area contributed by atoms with E-state index in [1.807, 2.05) is 0 Å². The van der Waals surface area contributed by atoms with Crippen molar-refractivity contribution < 1.29 is 9.84 Å². The zero-order valence-corrected chi connectivity index (χ0v) is 7.44. The Balaban J connectivity index is 2.36. The number of epoxide rings is 1. The van der Waals surface area contributed by atoms with Gasteiger partial charge >= 0.3 is 0 Å². The Bertz CT molecular complexity index is 125. The van der Waals surface area contributed by atoms with E-state index >= 15 is 0 Å². The predicted molar refractivity (Wildman–Crippen MR) is 43.0 cm³/mol. The molecule has 0 saturated carbocycles. The molecule has 1 heterocycles. The lowest BCUT2D eigenvalue weighted by Gasteiger charge is -2.19. The third kappa shape index (κ3) is 1.65. The van der Waals surface area contributed by atoms with Crippen molar-refractivity contribution in [2.75, 3.05) is 12.0 Å². The monoisotopic (exact) mass is 162 g/mol. The van der Waals surface area contributed by atoms with E-state index in [-0.39, 0.29) is 11.5 Å². The molecule has 1 N–H and O–H groups in total. The quantitative estimate of drug-likeness (QED) is 0.631. The summed E-state index contributed by atoms with van der Waals surface area (Å²) in [6, 6.07) is 0. The van der Waals surface area contributed by atoms with Crippen LogP contribution in [0.2, 0.25) is 0 Å². The van der Waals surface area contributed by atoms with Gasteiger partial charge in [-0.2, -0.15) is 11.8 Å². The van der Waals surface area contributed by atoms with Crippen molar-refractivity contribution >= 4 is 11.8 Å². The number of aliphatic hydroxyl groups is 1. The van der Waals surface area contributed by atoms with Crippen LogP contribution in [0, 0.1) is 5.41 Å². The van der Waals surface area contributed by atoms with E-state index in [1.165, 1.54) is 0 Å². The van der Waals surface area contributed by atoms with Gasteiger partial charge < -0.3 is 9.84 Å². The molecule has 2 nitrogen and oxygen atoms in total. The molecule has 2 atom stereocenters. The van der Waals surface area contributed by atoms with E-state index in [9.17, 15) is 0 Å². The van der Waals surface area contributed by atoms with Gasteiger partial charge in [0.25, 0.3) is 0 Å². The number of thioether (sulfide) groups is 1. The molecule has 2 unspecified atom stereocenters. The van der Waals surface area contributed by atoms with Crippen molar-refractivity contribution in [2.45, 2.75) is 26.2 Å². The fourth-order valence-corrected chi connectivity index (χ4v) is 2.04. The van der Waals surface area contributed by atoms with E-state index in [4.69, 9.17) is 9.84 Å². The second-order valence-electron chi connectivity index (χ2n) is 3.37. The van der Waals surface area contributed by atoms with Crippen molar-refractivity contribution in [3.8, 4) is 0 Å². The van der Waals surface area contributed by atoms with Gasteiger partial charge in [0.1, 0.15) is 6.10 Å². The molecule has 10 heavy (non-hydrogen) atoms. The van der Waals surface area contributed by atoms with Crippen LogP contribution in [0.4, 0.5) is 0 Å². The summed E-state index contributed by atoms with van der Waals surface area (Å²) < 4.78 is 4.98. The number of aliphatic hydroxyl groups excluding tert-OH is 1. The largest absolute Gasteiger partial charge is 0.366 e. The normalized spacial score (nSPS) is 32.4. The van der Waals surface area contributed by atoms with Crippen LogP contribution < -0.4 is 0 Å². The molecule has 0 aliphatic carbocycles. The van der Waals surface area contributed by atoms with Gasteiger partial charge in [0.15, 0.2) is 6.29 Å². The van der Waals surface area contributed by atoms with Crippen LogP contribution in [0.3, 0.4) is 0 Å². The van der Waals surface area contributed by atoms with E-state index < -0.39 is 6.29 Å². The first-order valence-corrected chi connectivity index (χ1v) is 4.80. The second-order valence-corrected chi connectivity index (χ2v) is 4.23. The third-order valence-electron chi connectivity index (χ3n) is 1.75. The third-order valence-corrected chi connectivity index (χ3v) is 2.79. The Morgan fingerprint density at radius 1 is 1.60 bits per heavy atom. The average Bonchev–Trinajstić information content (AvgIpc) is 2.46. The Labute approximate surface area is 66.0 Å². The maximum atomic E-state index is 8.96. The number of ether oxygens (including phenoxy) is 1. The zero-order chi connectivity index (χ0) is 7.78. The number of rotatable bonds is 3. The molecule has 1 aliphatic rings. The molecule has 0 aromatic rings. The maximum absolute atomic E-state index is 8.96. The van der Waals surface area contributed by atoms with E-state index in [0.29, 0.717) is 0 Å². The fraction of sp³-hybridized carbons (Fsp3) is 1.00. The summed E-state index contributed by atoms with van der Waals surface area (Å²) >= 11 is 1.79. The minimum Gasteiger partial charge on any atom is -0.366 e. The number of hydrogen-bond donors (Lipinski definition) is 1. The summed E-state index contributed by atoms with van der Waals surface area (Å²) in [7, 11) is 0. The highest BCUT2D eigenvalue weighted by Crippen LogP contribution is 2.38. The van der Waals surface area contributed by atoms with E-state index in [2.05, 4.69) is 20.1 Å². The van der Waals surface area contributed by atoms with Crippen LogP contribution in [0.25, 0.3) is 0 Å². The Morgan fingerprint density at radius 3 is 2.40 bits per heavy atom. The topological polar surface area (TPSA) is 32.8 Å². The van der Waals surface area contributed by atoms with Crippen LogP contribution in [-0.2, 0) is 4.74 Å². The van der Waals surface area contributed by atoms with Crippen molar-refractivity contribution in [3.05, 3.63) is 0 Å². The molecule has 1 aliphatic heterocycles. The van der Waals surface area contributed by atoms with Crippen LogP contribution in [0.15, 0.2) is 0 Å².